The maximum absolute atomic E-state index is 9.78. The van der Waals surface area contributed by atoms with E-state index in [4.69, 9.17) is 0 Å². The van der Waals surface area contributed by atoms with Crippen molar-refractivity contribution < 1.29 is 0 Å². The van der Waals surface area contributed by atoms with Crippen LogP contribution in [0.3, 0.4) is 0 Å². The number of nitrogens with one attached hydrogen (secondary N) is 1. The molecular weight excluding hydrogens is 234 g/mol. The summed E-state index contributed by atoms with van der Waals surface area (Å²) in [7, 11) is 0. The Morgan fingerprint density at radius 1 is 1.21 bits per heavy atom. The van der Waals surface area contributed by atoms with Gasteiger partial charge in [0.05, 0.1) is 6.07 Å². The molecule has 1 aliphatic heterocycles. The summed E-state index contributed by atoms with van der Waals surface area (Å²) in [4.78, 5) is 2.58. The first-order chi connectivity index (χ1) is 9.13. The molecule has 1 saturated heterocycles. The van der Waals surface area contributed by atoms with Crippen molar-refractivity contribution in [1.29, 1.82) is 5.26 Å². The summed E-state index contributed by atoms with van der Waals surface area (Å²) in [5, 5.41) is 13.4. The summed E-state index contributed by atoms with van der Waals surface area (Å²) in [6, 6.07) is 3.90. The van der Waals surface area contributed by atoms with E-state index in [1.54, 1.807) is 0 Å². The highest BCUT2D eigenvalue weighted by atomic mass is 15.2. The fraction of sp³-hybridized carbons (Fsp3) is 0.938. The van der Waals surface area contributed by atoms with E-state index < -0.39 is 0 Å². The number of nitriles is 1. The van der Waals surface area contributed by atoms with E-state index in [0.717, 1.165) is 19.5 Å². The van der Waals surface area contributed by atoms with Crippen LogP contribution in [0.2, 0.25) is 0 Å². The molecule has 1 heterocycles. The van der Waals surface area contributed by atoms with Gasteiger partial charge in [0.2, 0.25) is 0 Å². The molecule has 1 aliphatic carbocycles. The highest BCUT2D eigenvalue weighted by Gasteiger charge is 2.47. The number of likely N-dealkylation sites (tertiary alicyclic amines) is 1. The SMILES string of the molecule is CCCNC(C#N)(CN1C(C)CCCC1C)C1CC1. The summed E-state index contributed by atoms with van der Waals surface area (Å²) in [5.74, 6) is 0.574. The van der Waals surface area contributed by atoms with Gasteiger partial charge in [0, 0.05) is 18.6 Å². The monoisotopic (exact) mass is 263 g/mol. The summed E-state index contributed by atoms with van der Waals surface area (Å²) >= 11 is 0. The van der Waals surface area contributed by atoms with Crippen molar-refractivity contribution in [3.8, 4) is 6.07 Å². The van der Waals surface area contributed by atoms with Crippen LogP contribution in [0, 0.1) is 17.2 Å². The van der Waals surface area contributed by atoms with E-state index >= 15 is 0 Å². The van der Waals surface area contributed by atoms with Gasteiger partial charge in [0.15, 0.2) is 0 Å². The van der Waals surface area contributed by atoms with E-state index in [9.17, 15) is 5.26 Å². The molecule has 0 aromatic heterocycles. The third kappa shape index (κ3) is 3.30. The largest absolute Gasteiger partial charge is 0.298 e. The molecule has 3 nitrogen and oxygen atoms in total. The molecule has 2 rings (SSSR count). The molecule has 0 radical (unpaired) electrons. The van der Waals surface area contributed by atoms with Crippen LogP contribution in [-0.2, 0) is 0 Å². The van der Waals surface area contributed by atoms with E-state index in [0.29, 0.717) is 18.0 Å². The topological polar surface area (TPSA) is 39.1 Å². The minimum Gasteiger partial charge on any atom is -0.298 e. The van der Waals surface area contributed by atoms with E-state index in [1.165, 1.54) is 32.1 Å². The molecule has 0 aromatic rings. The molecule has 2 fully saturated rings. The first-order valence-corrected chi connectivity index (χ1v) is 8.05. The van der Waals surface area contributed by atoms with Crippen LogP contribution in [0.5, 0.6) is 0 Å². The molecule has 19 heavy (non-hydrogen) atoms. The van der Waals surface area contributed by atoms with Gasteiger partial charge >= 0.3 is 0 Å². The van der Waals surface area contributed by atoms with Crippen molar-refractivity contribution in [3.05, 3.63) is 0 Å². The fourth-order valence-corrected chi connectivity index (χ4v) is 3.49. The van der Waals surface area contributed by atoms with Gasteiger partial charge in [-0.25, -0.2) is 0 Å². The van der Waals surface area contributed by atoms with Gasteiger partial charge < -0.3 is 0 Å². The van der Waals surface area contributed by atoms with Crippen LogP contribution in [0.15, 0.2) is 0 Å². The van der Waals surface area contributed by atoms with E-state index in [-0.39, 0.29) is 5.54 Å². The van der Waals surface area contributed by atoms with Gasteiger partial charge in [-0.2, -0.15) is 5.26 Å². The van der Waals surface area contributed by atoms with Crippen LogP contribution in [-0.4, -0.2) is 35.6 Å². The van der Waals surface area contributed by atoms with Crippen LogP contribution in [0.25, 0.3) is 0 Å². The number of hydrogen-bond donors (Lipinski definition) is 1. The van der Waals surface area contributed by atoms with Gasteiger partial charge in [-0.3, -0.25) is 10.2 Å². The van der Waals surface area contributed by atoms with Crippen molar-refractivity contribution >= 4 is 0 Å². The second kappa shape index (κ2) is 6.24. The molecule has 2 aliphatic rings. The molecule has 3 heteroatoms. The molecule has 1 saturated carbocycles. The third-order valence-corrected chi connectivity index (χ3v) is 4.97. The van der Waals surface area contributed by atoms with Crippen LogP contribution in [0.4, 0.5) is 0 Å². The number of rotatable bonds is 6. The van der Waals surface area contributed by atoms with Gasteiger partial charge in [-0.05, 0) is 58.4 Å². The Morgan fingerprint density at radius 3 is 2.32 bits per heavy atom. The molecule has 0 bridgehead atoms. The minimum absolute atomic E-state index is 0.296. The zero-order valence-electron chi connectivity index (χ0n) is 12.8. The molecule has 0 aromatic carbocycles. The number of nitrogens with zero attached hydrogens (tertiary/aromatic N) is 2. The van der Waals surface area contributed by atoms with Gasteiger partial charge in [-0.1, -0.05) is 13.3 Å². The lowest BCUT2D eigenvalue weighted by Crippen LogP contribution is -2.58. The predicted octanol–water partition coefficient (Wildman–Crippen LogP) is 2.92. The molecule has 108 valence electrons. The maximum atomic E-state index is 9.78. The number of piperidine rings is 1. The molecule has 1 N–H and O–H groups in total. The Morgan fingerprint density at radius 2 is 1.84 bits per heavy atom. The first-order valence-electron chi connectivity index (χ1n) is 8.05. The highest BCUT2D eigenvalue weighted by molar-refractivity contribution is 5.17. The lowest BCUT2D eigenvalue weighted by molar-refractivity contribution is 0.0726. The van der Waals surface area contributed by atoms with E-state index in [1.807, 2.05) is 0 Å². The van der Waals surface area contributed by atoms with Crippen LogP contribution >= 0.6 is 0 Å². The zero-order chi connectivity index (χ0) is 13.9. The minimum atomic E-state index is -0.296. The lowest BCUT2D eigenvalue weighted by Gasteiger charge is -2.43. The second-order valence-electron chi connectivity index (χ2n) is 6.59. The second-order valence-corrected chi connectivity index (χ2v) is 6.59. The Kier molecular flexibility index (Phi) is 4.86. The Hall–Kier alpha value is -0.590. The summed E-state index contributed by atoms with van der Waals surface area (Å²) < 4.78 is 0. The molecule has 3 unspecified atom stereocenters. The smallest absolute Gasteiger partial charge is 0.122 e. The van der Waals surface area contributed by atoms with Crippen LogP contribution < -0.4 is 5.32 Å². The number of hydrogen-bond acceptors (Lipinski definition) is 3. The summed E-state index contributed by atoms with van der Waals surface area (Å²) in [6.45, 7) is 8.69. The van der Waals surface area contributed by atoms with Crippen molar-refractivity contribution in [2.24, 2.45) is 5.92 Å². The summed E-state index contributed by atoms with van der Waals surface area (Å²) in [5.41, 5.74) is -0.296. The summed E-state index contributed by atoms with van der Waals surface area (Å²) in [6.07, 6.45) is 7.45. The first kappa shape index (κ1) is 14.8. The standard InChI is InChI=1S/C16H29N3/c1-4-10-18-16(11-17,15-8-9-15)12-19-13(2)6-5-7-14(19)3/h13-15,18H,4-10,12H2,1-3H3. The molecule has 0 spiro atoms. The predicted molar refractivity (Wildman–Crippen MR) is 78.8 cm³/mol. The van der Waals surface area contributed by atoms with Crippen molar-refractivity contribution in [2.75, 3.05) is 13.1 Å². The molecule has 0 amide bonds. The van der Waals surface area contributed by atoms with Gasteiger partial charge in [0.25, 0.3) is 0 Å². The quantitative estimate of drug-likeness (QED) is 0.801. The van der Waals surface area contributed by atoms with Crippen molar-refractivity contribution in [2.45, 2.75) is 76.9 Å². The average Bonchev–Trinajstić information content (AvgIpc) is 3.23. The van der Waals surface area contributed by atoms with Crippen molar-refractivity contribution in [3.63, 3.8) is 0 Å². The van der Waals surface area contributed by atoms with Gasteiger partial charge in [0.1, 0.15) is 5.54 Å². The fourth-order valence-electron chi connectivity index (χ4n) is 3.49. The molecule has 3 atom stereocenters. The zero-order valence-corrected chi connectivity index (χ0v) is 12.8. The van der Waals surface area contributed by atoms with Gasteiger partial charge in [-0.15, -0.1) is 0 Å². The highest BCUT2D eigenvalue weighted by Crippen LogP contribution is 2.41. The van der Waals surface area contributed by atoms with Crippen LogP contribution in [0.1, 0.15) is 59.3 Å². The maximum Gasteiger partial charge on any atom is 0.122 e. The molecular formula is C16H29N3. The Balaban J connectivity index is 2.08. The normalized spacial score (nSPS) is 31.7. The average molecular weight is 263 g/mol. The Bertz CT molecular complexity index is 321. The van der Waals surface area contributed by atoms with Crippen molar-refractivity contribution in [1.82, 2.24) is 10.2 Å². The Labute approximate surface area is 118 Å². The third-order valence-electron chi connectivity index (χ3n) is 4.97. The lowest BCUT2D eigenvalue weighted by atomic mass is 9.89. The van der Waals surface area contributed by atoms with E-state index in [2.05, 4.69) is 37.1 Å².